The molecule has 0 heterocycles. The van der Waals surface area contributed by atoms with Crippen LogP contribution in [0.5, 0.6) is 0 Å². The standard InChI is InChI=1S/C12H22Si2/c1-9(2)13-11-5-7-12(8-6-11)14-10(3)4/h5-10H,13-14H2,1-4H3. The molecule has 0 atom stereocenters. The molecule has 1 rings (SSSR count). The first-order valence-corrected chi connectivity index (χ1v) is 8.70. The second-order valence-electron chi connectivity index (χ2n) is 5.01. The van der Waals surface area contributed by atoms with Crippen LogP contribution in [0.1, 0.15) is 27.7 Å². The highest BCUT2D eigenvalue weighted by Gasteiger charge is 2.01. The van der Waals surface area contributed by atoms with Gasteiger partial charge in [-0.15, -0.1) is 0 Å². The van der Waals surface area contributed by atoms with Crippen LogP contribution >= 0.6 is 0 Å². The van der Waals surface area contributed by atoms with Crippen LogP contribution in [-0.4, -0.2) is 19.0 Å². The molecule has 0 saturated carbocycles. The van der Waals surface area contributed by atoms with Gasteiger partial charge in [0.15, 0.2) is 0 Å². The predicted octanol–water partition coefficient (Wildman–Crippen LogP) is 0.931. The van der Waals surface area contributed by atoms with E-state index < -0.39 is 0 Å². The molecular weight excluding hydrogens is 200 g/mol. The molecule has 0 spiro atoms. The van der Waals surface area contributed by atoms with Crippen molar-refractivity contribution in [3.05, 3.63) is 24.3 Å². The summed E-state index contributed by atoms with van der Waals surface area (Å²) in [6, 6.07) is 9.49. The van der Waals surface area contributed by atoms with Crippen LogP contribution in [0, 0.1) is 0 Å². The second-order valence-corrected chi connectivity index (χ2v) is 10.7. The van der Waals surface area contributed by atoms with Gasteiger partial charge >= 0.3 is 0 Å². The van der Waals surface area contributed by atoms with Crippen molar-refractivity contribution in [2.45, 2.75) is 38.8 Å². The van der Waals surface area contributed by atoms with Gasteiger partial charge in [-0.05, 0) is 0 Å². The zero-order valence-electron chi connectivity index (χ0n) is 9.88. The molecule has 0 aliphatic rings. The lowest BCUT2D eigenvalue weighted by molar-refractivity contribution is 1.07. The molecule has 0 amide bonds. The Bertz CT molecular complexity index is 233. The van der Waals surface area contributed by atoms with Gasteiger partial charge in [0.25, 0.3) is 0 Å². The van der Waals surface area contributed by atoms with E-state index in [0.29, 0.717) is 0 Å². The van der Waals surface area contributed by atoms with Gasteiger partial charge in [-0.2, -0.15) is 0 Å². The van der Waals surface area contributed by atoms with Crippen molar-refractivity contribution in [3.8, 4) is 0 Å². The van der Waals surface area contributed by atoms with Gasteiger partial charge in [0.1, 0.15) is 0 Å². The Morgan fingerprint density at radius 3 is 1.21 bits per heavy atom. The van der Waals surface area contributed by atoms with Crippen molar-refractivity contribution in [2.75, 3.05) is 0 Å². The van der Waals surface area contributed by atoms with Gasteiger partial charge < -0.3 is 0 Å². The maximum atomic E-state index is 2.37. The number of hydrogen-bond donors (Lipinski definition) is 0. The highest BCUT2D eigenvalue weighted by molar-refractivity contribution is 6.57. The first-order chi connectivity index (χ1) is 6.58. The quantitative estimate of drug-likeness (QED) is 0.665. The fourth-order valence-electron chi connectivity index (χ4n) is 1.75. The molecule has 2 heteroatoms. The van der Waals surface area contributed by atoms with E-state index in [1.54, 1.807) is 10.4 Å². The molecule has 78 valence electrons. The zero-order valence-corrected chi connectivity index (χ0v) is 12.7. The van der Waals surface area contributed by atoms with E-state index in [9.17, 15) is 0 Å². The third kappa shape index (κ3) is 4.24. The van der Waals surface area contributed by atoms with Crippen LogP contribution < -0.4 is 10.4 Å². The lowest BCUT2D eigenvalue weighted by Crippen LogP contribution is -2.22. The molecule has 14 heavy (non-hydrogen) atoms. The van der Waals surface area contributed by atoms with Crippen molar-refractivity contribution in [1.82, 2.24) is 0 Å². The summed E-state index contributed by atoms with van der Waals surface area (Å²) < 4.78 is 0. The number of rotatable bonds is 4. The molecule has 0 aromatic heterocycles. The third-order valence-electron chi connectivity index (χ3n) is 2.31. The van der Waals surface area contributed by atoms with Gasteiger partial charge in [0.05, 0.1) is 19.0 Å². The molecule has 0 bridgehead atoms. The summed E-state index contributed by atoms with van der Waals surface area (Å²) in [7, 11) is -0.00845. The van der Waals surface area contributed by atoms with Crippen LogP contribution in [0.25, 0.3) is 0 Å². The largest absolute Gasteiger partial charge is 0.0667 e. The Morgan fingerprint density at radius 2 is 1.00 bits per heavy atom. The lowest BCUT2D eigenvalue weighted by atomic mass is 10.4. The van der Waals surface area contributed by atoms with Crippen LogP contribution in [-0.2, 0) is 0 Å². The van der Waals surface area contributed by atoms with Crippen molar-refractivity contribution in [1.29, 1.82) is 0 Å². The average molecular weight is 222 g/mol. The molecule has 0 aliphatic carbocycles. The van der Waals surface area contributed by atoms with Crippen LogP contribution in [0.3, 0.4) is 0 Å². The summed E-state index contributed by atoms with van der Waals surface area (Å²) in [6.45, 7) is 9.35. The first kappa shape index (κ1) is 11.7. The monoisotopic (exact) mass is 222 g/mol. The zero-order chi connectivity index (χ0) is 10.6. The molecule has 0 fully saturated rings. The van der Waals surface area contributed by atoms with Crippen molar-refractivity contribution >= 4 is 29.4 Å². The van der Waals surface area contributed by atoms with E-state index in [0.717, 1.165) is 11.1 Å². The van der Waals surface area contributed by atoms with Gasteiger partial charge in [-0.25, -0.2) is 0 Å². The second kappa shape index (κ2) is 5.51. The van der Waals surface area contributed by atoms with E-state index in [1.165, 1.54) is 0 Å². The molecule has 0 N–H and O–H groups in total. The Balaban J connectivity index is 2.59. The minimum Gasteiger partial charge on any atom is -0.0667 e. The highest BCUT2D eigenvalue weighted by Crippen LogP contribution is 1.98. The fourth-order valence-corrected chi connectivity index (χ4v) is 4.66. The van der Waals surface area contributed by atoms with E-state index in [2.05, 4.69) is 52.0 Å². The summed E-state index contributed by atoms with van der Waals surface area (Å²) in [5.74, 6) is 0. The lowest BCUT2D eigenvalue weighted by Gasteiger charge is -2.07. The number of benzene rings is 1. The average Bonchev–Trinajstić information content (AvgIpc) is 2.06. The highest BCUT2D eigenvalue weighted by atomic mass is 28.2. The maximum Gasteiger partial charge on any atom is 0.0572 e. The van der Waals surface area contributed by atoms with E-state index >= 15 is 0 Å². The van der Waals surface area contributed by atoms with Gasteiger partial charge in [-0.1, -0.05) is 73.4 Å². The summed E-state index contributed by atoms with van der Waals surface area (Å²) in [5.41, 5.74) is 1.81. The minimum absolute atomic E-state index is 0.00423. The van der Waals surface area contributed by atoms with Crippen LogP contribution in [0.2, 0.25) is 11.1 Å². The molecule has 0 unspecified atom stereocenters. The normalized spacial score (nSPS) is 13.0. The van der Waals surface area contributed by atoms with Gasteiger partial charge in [-0.3, -0.25) is 0 Å². The fraction of sp³-hybridized carbons (Fsp3) is 0.500. The number of hydrogen-bond acceptors (Lipinski definition) is 0. The Kier molecular flexibility index (Phi) is 4.62. The predicted molar refractivity (Wildman–Crippen MR) is 73.0 cm³/mol. The Labute approximate surface area is 92.8 Å². The maximum absolute atomic E-state index is 2.37. The van der Waals surface area contributed by atoms with Crippen molar-refractivity contribution in [2.24, 2.45) is 0 Å². The topological polar surface area (TPSA) is 0 Å². The Hall–Kier alpha value is -0.346. The molecule has 0 saturated heterocycles. The first-order valence-electron chi connectivity index (χ1n) is 5.65. The van der Waals surface area contributed by atoms with E-state index in [1.807, 2.05) is 0 Å². The molecule has 0 aliphatic heterocycles. The van der Waals surface area contributed by atoms with Crippen molar-refractivity contribution < 1.29 is 0 Å². The van der Waals surface area contributed by atoms with Crippen LogP contribution in [0.15, 0.2) is 24.3 Å². The summed E-state index contributed by atoms with van der Waals surface area (Å²) in [5, 5.41) is 3.25. The molecule has 0 nitrogen and oxygen atoms in total. The minimum atomic E-state index is -0.00423. The summed E-state index contributed by atoms with van der Waals surface area (Å²) in [6.07, 6.45) is 0. The smallest absolute Gasteiger partial charge is 0.0572 e. The van der Waals surface area contributed by atoms with Crippen molar-refractivity contribution in [3.63, 3.8) is 0 Å². The van der Waals surface area contributed by atoms with E-state index in [4.69, 9.17) is 0 Å². The molecular formula is C12H22Si2. The van der Waals surface area contributed by atoms with E-state index in [-0.39, 0.29) is 19.0 Å². The van der Waals surface area contributed by atoms with Gasteiger partial charge in [0.2, 0.25) is 0 Å². The van der Waals surface area contributed by atoms with Crippen LogP contribution in [0.4, 0.5) is 0 Å². The molecule has 1 aromatic carbocycles. The SMILES string of the molecule is CC(C)[SiH2]c1ccc([SiH2]C(C)C)cc1. The molecule has 1 aromatic rings. The third-order valence-corrected chi connectivity index (χ3v) is 5.83. The molecule has 0 radical (unpaired) electrons. The Morgan fingerprint density at radius 1 is 0.714 bits per heavy atom. The summed E-state index contributed by atoms with van der Waals surface area (Å²) in [4.78, 5) is 0. The summed E-state index contributed by atoms with van der Waals surface area (Å²) >= 11 is 0. The van der Waals surface area contributed by atoms with Gasteiger partial charge in [0, 0.05) is 0 Å².